The van der Waals surface area contributed by atoms with E-state index in [1.165, 1.54) is 58.2 Å². The van der Waals surface area contributed by atoms with E-state index in [1.807, 2.05) is 0 Å². The molecule has 1 aliphatic rings. The first-order valence-electron chi connectivity index (χ1n) is 8.02. The smallest absolute Gasteiger partial charge is 0.191 e. The molecule has 0 spiro atoms. The van der Waals surface area contributed by atoms with Gasteiger partial charge in [-0.3, -0.25) is 4.99 Å². The number of nitrogens with one attached hydrogen (secondary N) is 2. The molecule has 0 bridgehead atoms. The molecule has 0 aromatic heterocycles. The first kappa shape index (κ1) is 17.2. The highest BCUT2D eigenvalue weighted by Crippen LogP contribution is 2.09. The van der Waals surface area contributed by atoms with Gasteiger partial charge in [0.2, 0.25) is 0 Å². The molecular weight excluding hydrogens is 252 g/mol. The molecule has 0 aromatic carbocycles. The van der Waals surface area contributed by atoms with E-state index in [2.05, 4.69) is 20.5 Å². The number of methoxy groups -OCH3 is 1. The van der Waals surface area contributed by atoms with Crippen LogP contribution >= 0.6 is 0 Å². The Morgan fingerprint density at radius 2 is 1.80 bits per heavy atom. The van der Waals surface area contributed by atoms with E-state index in [1.54, 1.807) is 14.2 Å². The maximum atomic E-state index is 5.00. The number of hydrogen-bond donors (Lipinski definition) is 2. The van der Waals surface area contributed by atoms with Crippen LogP contribution in [0, 0.1) is 0 Å². The third kappa shape index (κ3) is 8.38. The first-order chi connectivity index (χ1) is 9.86. The largest absolute Gasteiger partial charge is 0.383 e. The predicted molar refractivity (Wildman–Crippen MR) is 85.4 cm³/mol. The van der Waals surface area contributed by atoms with E-state index in [9.17, 15) is 0 Å². The minimum absolute atomic E-state index is 0.705. The summed E-state index contributed by atoms with van der Waals surface area (Å²) in [6.07, 6.45) is 8.03. The van der Waals surface area contributed by atoms with Gasteiger partial charge in [0.1, 0.15) is 0 Å². The topological polar surface area (TPSA) is 48.9 Å². The van der Waals surface area contributed by atoms with Crippen molar-refractivity contribution in [1.82, 2.24) is 15.5 Å². The van der Waals surface area contributed by atoms with Crippen molar-refractivity contribution in [3.8, 4) is 0 Å². The predicted octanol–water partition coefficient (Wildman–Crippen LogP) is 1.45. The Bertz CT molecular complexity index is 252. The summed E-state index contributed by atoms with van der Waals surface area (Å²) in [5.74, 6) is 0.873. The van der Waals surface area contributed by atoms with Crippen LogP contribution in [0.1, 0.15) is 38.5 Å². The molecule has 20 heavy (non-hydrogen) atoms. The van der Waals surface area contributed by atoms with Gasteiger partial charge in [0.25, 0.3) is 0 Å². The van der Waals surface area contributed by atoms with Crippen molar-refractivity contribution in [2.24, 2.45) is 4.99 Å². The lowest BCUT2D eigenvalue weighted by atomic mass is 10.1. The SMILES string of the molecule is CN=C(NCCCCCN1CCCCC1)NCCOC. The highest BCUT2D eigenvalue weighted by Gasteiger charge is 2.08. The Labute approximate surface area is 124 Å². The van der Waals surface area contributed by atoms with Crippen molar-refractivity contribution in [3.05, 3.63) is 0 Å². The monoisotopic (exact) mass is 284 g/mol. The number of unbranched alkanes of at least 4 members (excludes halogenated alkanes) is 2. The van der Waals surface area contributed by atoms with Crippen LogP contribution in [0.2, 0.25) is 0 Å². The van der Waals surface area contributed by atoms with Gasteiger partial charge in [0, 0.05) is 27.2 Å². The number of nitrogens with zero attached hydrogens (tertiary/aromatic N) is 2. The van der Waals surface area contributed by atoms with Crippen LogP contribution in [0.25, 0.3) is 0 Å². The molecule has 1 rings (SSSR count). The minimum Gasteiger partial charge on any atom is -0.383 e. The Morgan fingerprint density at radius 1 is 1.05 bits per heavy atom. The molecule has 0 unspecified atom stereocenters. The zero-order chi connectivity index (χ0) is 14.5. The quantitative estimate of drug-likeness (QED) is 0.382. The molecule has 2 N–H and O–H groups in total. The van der Waals surface area contributed by atoms with E-state index in [-0.39, 0.29) is 0 Å². The molecule has 5 heteroatoms. The molecule has 1 saturated heterocycles. The molecule has 1 fully saturated rings. The molecule has 118 valence electrons. The maximum absolute atomic E-state index is 5.00. The lowest BCUT2D eigenvalue weighted by Gasteiger charge is -2.26. The summed E-state index contributed by atoms with van der Waals surface area (Å²) in [7, 11) is 3.51. The standard InChI is InChI=1S/C15H32N4O/c1-16-15(18-10-14-20-2)17-9-5-3-6-11-19-12-7-4-8-13-19/h3-14H2,1-2H3,(H2,16,17,18). The van der Waals surface area contributed by atoms with Crippen LogP contribution in [0.5, 0.6) is 0 Å². The van der Waals surface area contributed by atoms with Gasteiger partial charge in [-0.25, -0.2) is 0 Å². The van der Waals surface area contributed by atoms with Gasteiger partial charge < -0.3 is 20.3 Å². The number of hydrogen-bond acceptors (Lipinski definition) is 3. The average Bonchev–Trinajstić information content (AvgIpc) is 2.50. The summed E-state index contributed by atoms with van der Waals surface area (Å²) in [6, 6.07) is 0. The molecule has 0 aromatic rings. The zero-order valence-corrected chi connectivity index (χ0v) is 13.3. The van der Waals surface area contributed by atoms with E-state index in [0.717, 1.165) is 19.0 Å². The fourth-order valence-corrected chi connectivity index (χ4v) is 2.52. The number of guanidine groups is 1. The van der Waals surface area contributed by atoms with Crippen molar-refractivity contribution in [2.75, 3.05) is 53.5 Å². The average molecular weight is 284 g/mol. The van der Waals surface area contributed by atoms with E-state index >= 15 is 0 Å². The second-order valence-corrected chi connectivity index (χ2v) is 5.38. The van der Waals surface area contributed by atoms with Gasteiger partial charge in [-0.15, -0.1) is 0 Å². The van der Waals surface area contributed by atoms with E-state index in [4.69, 9.17) is 4.74 Å². The van der Waals surface area contributed by atoms with Crippen LogP contribution in [0.15, 0.2) is 4.99 Å². The normalized spacial score (nSPS) is 17.2. The molecule has 0 aliphatic carbocycles. The van der Waals surface area contributed by atoms with E-state index in [0.29, 0.717) is 6.61 Å². The van der Waals surface area contributed by atoms with Gasteiger partial charge in [0.05, 0.1) is 6.61 Å². The van der Waals surface area contributed by atoms with Crippen LogP contribution in [-0.4, -0.2) is 64.3 Å². The lowest BCUT2D eigenvalue weighted by molar-refractivity contribution is 0.203. The van der Waals surface area contributed by atoms with Crippen molar-refractivity contribution >= 4 is 5.96 Å². The highest BCUT2D eigenvalue weighted by molar-refractivity contribution is 5.79. The molecule has 0 atom stereocenters. The maximum Gasteiger partial charge on any atom is 0.191 e. The van der Waals surface area contributed by atoms with Crippen molar-refractivity contribution in [1.29, 1.82) is 0 Å². The van der Waals surface area contributed by atoms with Crippen LogP contribution in [0.3, 0.4) is 0 Å². The Balaban J connectivity index is 1.92. The van der Waals surface area contributed by atoms with Gasteiger partial charge in [0.15, 0.2) is 5.96 Å². The van der Waals surface area contributed by atoms with Crippen LogP contribution in [-0.2, 0) is 4.74 Å². The van der Waals surface area contributed by atoms with Crippen molar-refractivity contribution in [2.45, 2.75) is 38.5 Å². The summed E-state index contributed by atoms with van der Waals surface area (Å²) in [6.45, 7) is 6.40. The lowest BCUT2D eigenvalue weighted by Crippen LogP contribution is -2.39. The van der Waals surface area contributed by atoms with Crippen molar-refractivity contribution < 1.29 is 4.74 Å². The summed E-state index contributed by atoms with van der Waals surface area (Å²) in [4.78, 5) is 6.79. The van der Waals surface area contributed by atoms with Gasteiger partial charge in [-0.05, 0) is 45.3 Å². The summed E-state index contributed by atoms with van der Waals surface area (Å²) in [5.41, 5.74) is 0. The first-order valence-corrected chi connectivity index (χ1v) is 8.02. The number of ether oxygens (including phenoxy) is 1. The molecule has 5 nitrogen and oxygen atoms in total. The van der Waals surface area contributed by atoms with Crippen LogP contribution < -0.4 is 10.6 Å². The molecule has 0 saturated carbocycles. The molecular formula is C15H32N4O. The number of piperidine rings is 1. The third-order valence-electron chi connectivity index (χ3n) is 3.71. The number of aliphatic imine (C=N–C) groups is 1. The Morgan fingerprint density at radius 3 is 2.50 bits per heavy atom. The second kappa shape index (κ2) is 12.0. The third-order valence-corrected chi connectivity index (χ3v) is 3.71. The zero-order valence-electron chi connectivity index (χ0n) is 13.3. The van der Waals surface area contributed by atoms with Gasteiger partial charge in [-0.1, -0.05) is 12.8 Å². The van der Waals surface area contributed by atoms with Gasteiger partial charge in [-0.2, -0.15) is 0 Å². The Kier molecular flexibility index (Phi) is 10.3. The second-order valence-electron chi connectivity index (χ2n) is 5.38. The van der Waals surface area contributed by atoms with Crippen molar-refractivity contribution in [3.63, 3.8) is 0 Å². The number of rotatable bonds is 9. The summed E-state index contributed by atoms with van der Waals surface area (Å²) >= 11 is 0. The molecule has 1 heterocycles. The summed E-state index contributed by atoms with van der Waals surface area (Å²) in [5, 5.41) is 6.56. The molecule has 0 radical (unpaired) electrons. The number of likely N-dealkylation sites (tertiary alicyclic amines) is 1. The highest BCUT2D eigenvalue weighted by atomic mass is 16.5. The fraction of sp³-hybridized carbons (Fsp3) is 0.933. The minimum atomic E-state index is 0.705. The summed E-state index contributed by atoms with van der Waals surface area (Å²) < 4.78 is 5.00. The van der Waals surface area contributed by atoms with E-state index < -0.39 is 0 Å². The molecule has 0 amide bonds. The molecule has 1 aliphatic heterocycles. The van der Waals surface area contributed by atoms with Crippen LogP contribution in [0.4, 0.5) is 0 Å². The Hall–Kier alpha value is -0.810. The fourth-order valence-electron chi connectivity index (χ4n) is 2.52. The van der Waals surface area contributed by atoms with Gasteiger partial charge >= 0.3 is 0 Å².